The maximum Gasteiger partial charge on any atom is 0.329 e. The molecule has 1 aliphatic heterocycles. The molecule has 1 saturated heterocycles. The third kappa shape index (κ3) is 2.82. The van der Waals surface area contributed by atoms with E-state index in [1.165, 1.54) is 17.4 Å². The minimum atomic E-state index is -0.171. The van der Waals surface area contributed by atoms with E-state index in [0.717, 1.165) is 6.42 Å². The second kappa shape index (κ2) is 5.89. The molecule has 1 heterocycles. The van der Waals surface area contributed by atoms with Crippen LogP contribution in [-0.2, 0) is 4.79 Å². The Labute approximate surface area is 94.6 Å². The van der Waals surface area contributed by atoms with E-state index < -0.39 is 0 Å². The van der Waals surface area contributed by atoms with Crippen molar-refractivity contribution in [1.29, 1.82) is 0 Å². The van der Waals surface area contributed by atoms with Gasteiger partial charge in [-0.25, -0.2) is 4.79 Å². The van der Waals surface area contributed by atoms with E-state index in [9.17, 15) is 9.59 Å². The molecule has 0 aromatic rings. The van der Waals surface area contributed by atoms with E-state index in [4.69, 9.17) is 0 Å². The summed E-state index contributed by atoms with van der Waals surface area (Å²) in [6.07, 6.45) is 4.27. The van der Waals surface area contributed by atoms with Gasteiger partial charge in [-0.3, -0.25) is 14.7 Å². The first kappa shape index (κ1) is 12.2. The lowest BCUT2D eigenvalue weighted by Crippen LogP contribution is -2.40. The zero-order valence-electron chi connectivity index (χ0n) is 9.30. The predicted octanol–water partition coefficient (Wildman–Crippen LogP) is 0.0303. The van der Waals surface area contributed by atoms with E-state index in [2.05, 4.69) is 16.9 Å². The van der Waals surface area contributed by atoms with Gasteiger partial charge in [-0.05, 0) is 6.42 Å². The van der Waals surface area contributed by atoms with Crippen LogP contribution >= 0.6 is 0 Å². The van der Waals surface area contributed by atoms with Gasteiger partial charge in [-0.15, -0.1) is 0 Å². The van der Waals surface area contributed by atoms with E-state index in [0.29, 0.717) is 19.5 Å². The highest BCUT2D eigenvalue weighted by Crippen LogP contribution is 2.11. The number of amides is 3. The van der Waals surface area contributed by atoms with Gasteiger partial charge in [0.2, 0.25) is 6.41 Å². The van der Waals surface area contributed by atoms with Crippen molar-refractivity contribution in [3.05, 3.63) is 12.8 Å². The normalized spacial score (nSPS) is 19.8. The predicted molar refractivity (Wildman–Crippen MR) is 61.0 cm³/mol. The molecule has 0 bridgehead atoms. The molecule has 1 fully saturated rings. The second-order valence-corrected chi connectivity index (χ2v) is 3.46. The van der Waals surface area contributed by atoms with Crippen molar-refractivity contribution in [2.45, 2.75) is 12.5 Å². The van der Waals surface area contributed by atoms with Gasteiger partial charge in [0, 0.05) is 32.4 Å². The van der Waals surface area contributed by atoms with Crippen molar-refractivity contribution in [3.63, 3.8) is 0 Å². The average molecular weight is 224 g/mol. The molecule has 1 N–H and O–H groups in total. The van der Waals surface area contributed by atoms with Crippen LogP contribution in [0.25, 0.3) is 0 Å². The van der Waals surface area contributed by atoms with Crippen LogP contribution < -0.4 is 5.32 Å². The van der Waals surface area contributed by atoms with Crippen molar-refractivity contribution < 1.29 is 9.59 Å². The van der Waals surface area contributed by atoms with Crippen LogP contribution in [0.4, 0.5) is 4.79 Å². The van der Waals surface area contributed by atoms with Crippen molar-refractivity contribution in [3.8, 4) is 0 Å². The topological polar surface area (TPSA) is 65.0 Å². The number of hydrogen-bond acceptors (Lipinski definition) is 3. The van der Waals surface area contributed by atoms with Gasteiger partial charge in [0.1, 0.15) is 0 Å². The number of carbonyl (C=O) groups is 2. The van der Waals surface area contributed by atoms with E-state index in [1.807, 2.05) is 0 Å². The summed E-state index contributed by atoms with van der Waals surface area (Å²) in [5.41, 5.74) is 0. The van der Waals surface area contributed by atoms with Gasteiger partial charge in [0.05, 0.1) is 6.34 Å². The minimum Gasteiger partial charge on any atom is -0.354 e. The number of aliphatic imine (C=N–C) groups is 1. The first-order chi connectivity index (χ1) is 7.72. The molecular formula is C10H16N4O2. The number of likely N-dealkylation sites (tertiary alicyclic amines) is 1. The Morgan fingerprint density at radius 2 is 2.44 bits per heavy atom. The van der Waals surface area contributed by atoms with Crippen molar-refractivity contribution in [2.75, 3.05) is 20.1 Å². The van der Waals surface area contributed by atoms with Gasteiger partial charge in [0.15, 0.2) is 0 Å². The molecule has 88 valence electrons. The van der Waals surface area contributed by atoms with E-state index in [-0.39, 0.29) is 12.1 Å². The number of hydrogen-bond donors (Lipinski definition) is 1. The summed E-state index contributed by atoms with van der Waals surface area (Å²) in [6.45, 7) is 4.70. The maximum absolute atomic E-state index is 11.9. The Hall–Kier alpha value is -1.85. The number of carbonyl (C=O) groups excluding carboxylic acids is 2. The Morgan fingerprint density at radius 1 is 1.69 bits per heavy atom. The third-order valence-electron chi connectivity index (χ3n) is 2.42. The Morgan fingerprint density at radius 3 is 3.00 bits per heavy atom. The van der Waals surface area contributed by atoms with E-state index >= 15 is 0 Å². The molecular weight excluding hydrogens is 208 g/mol. The van der Waals surface area contributed by atoms with Crippen molar-refractivity contribution in [2.24, 2.45) is 4.99 Å². The van der Waals surface area contributed by atoms with Gasteiger partial charge in [-0.1, -0.05) is 6.58 Å². The van der Waals surface area contributed by atoms with Crippen molar-refractivity contribution in [1.82, 2.24) is 15.1 Å². The summed E-state index contributed by atoms with van der Waals surface area (Å²) in [6, 6.07) is -0.123. The van der Waals surface area contributed by atoms with E-state index in [1.54, 1.807) is 11.9 Å². The van der Waals surface area contributed by atoms with Gasteiger partial charge >= 0.3 is 6.03 Å². The number of nitrogens with one attached hydrogen (secondary N) is 1. The highest BCUT2D eigenvalue weighted by atomic mass is 16.2. The molecule has 1 unspecified atom stereocenters. The SMILES string of the molecule is C=CN(C=NC)C(=O)N1CCC(NC=O)C1. The van der Waals surface area contributed by atoms with Gasteiger partial charge in [-0.2, -0.15) is 0 Å². The largest absolute Gasteiger partial charge is 0.354 e. The first-order valence-electron chi connectivity index (χ1n) is 5.04. The monoisotopic (exact) mass is 224 g/mol. The molecule has 6 heteroatoms. The van der Waals surface area contributed by atoms with Crippen LogP contribution in [0.15, 0.2) is 17.8 Å². The quantitative estimate of drug-likeness (QED) is 0.416. The van der Waals surface area contributed by atoms with Crippen LogP contribution in [-0.4, -0.2) is 54.8 Å². The molecule has 0 saturated carbocycles. The summed E-state index contributed by atoms with van der Waals surface area (Å²) in [5.74, 6) is 0. The fourth-order valence-electron chi connectivity index (χ4n) is 1.63. The van der Waals surface area contributed by atoms with Crippen LogP contribution in [0.2, 0.25) is 0 Å². The molecule has 6 nitrogen and oxygen atoms in total. The molecule has 0 aromatic heterocycles. The van der Waals surface area contributed by atoms with Crippen LogP contribution in [0.5, 0.6) is 0 Å². The summed E-state index contributed by atoms with van der Waals surface area (Å²) in [7, 11) is 1.59. The zero-order valence-corrected chi connectivity index (χ0v) is 9.30. The molecule has 0 aliphatic carbocycles. The Balaban J connectivity index is 2.55. The molecule has 16 heavy (non-hydrogen) atoms. The smallest absolute Gasteiger partial charge is 0.329 e. The molecule has 0 radical (unpaired) electrons. The highest BCUT2D eigenvalue weighted by Gasteiger charge is 2.27. The van der Waals surface area contributed by atoms with Gasteiger partial charge in [0.25, 0.3) is 0 Å². The lowest BCUT2D eigenvalue weighted by atomic mass is 10.3. The van der Waals surface area contributed by atoms with Crippen LogP contribution in [0.1, 0.15) is 6.42 Å². The van der Waals surface area contributed by atoms with Crippen molar-refractivity contribution >= 4 is 18.8 Å². The molecule has 3 amide bonds. The second-order valence-electron chi connectivity index (χ2n) is 3.46. The average Bonchev–Trinajstić information content (AvgIpc) is 2.74. The highest BCUT2D eigenvalue weighted by molar-refractivity contribution is 5.87. The summed E-state index contributed by atoms with van der Waals surface area (Å²) in [4.78, 5) is 28.9. The lowest BCUT2D eigenvalue weighted by Gasteiger charge is -2.21. The lowest BCUT2D eigenvalue weighted by molar-refractivity contribution is -0.110. The molecule has 1 aliphatic rings. The van der Waals surface area contributed by atoms with Crippen LogP contribution in [0.3, 0.4) is 0 Å². The summed E-state index contributed by atoms with van der Waals surface area (Å²) in [5, 5.41) is 2.67. The third-order valence-corrected chi connectivity index (χ3v) is 2.42. The van der Waals surface area contributed by atoms with Crippen LogP contribution in [0, 0.1) is 0 Å². The maximum atomic E-state index is 11.9. The number of urea groups is 1. The first-order valence-corrected chi connectivity index (χ1v) is 5.04. The Bertz CT molecular complexity index is 303. The number of rotatable bonds is 4. The minimum absolute atomic E-state index is 0.0479. The fraction of sp³-hybridized carbons (Fsp3) is 0.500. The fourth-order valence-corrected chi connectivity index (χ4v) is 1.63. The molecule has 1 atom stereocenters. The molecule has 1 rings (SSSR count). The molecule has 0 spiro atoms. The Kier molecular flexibility index (Phi) is 4.50. The zero-order chi connectivity index (χ0) is 12.0. The van der Waals surface area contributed by atoms with Gasteiger partial charge < -0.3 is 10.2 Å². The number of nitrogens with zero attached hydrogens (tertiary/aromatic N) is 3. The summed E-state index contributed by atoms with van der Waals surface area (Å²) < 4.78 is 0. The summed E-state index contributed by atoms with van der Waals surface area (Å²) >= 11 is 0. The standard InChI is InChI=1S/C10H16N4O2/c1-3-13(7-11-2)10(16)14-5-4-9(6-14)12-8-15/h3,7-9H,1,4-6H2,2H3,(H,12,15). The molecule has 0 aromatic carbocycles.